The summed E-state index contributed by atoms with van der Waals surface area (Å²) in [7, 11) is 1.82. The first-order chi connectivity index (χ1) is 14.2. The van der Waals surface area contributed by atoms with Crippen molar-refractivity contribution in [1.82, 2.24) is 20.4 Å². The minimum atomic E-state index is 0.276. The van der Waals surface area contributed by atoms with Gasteiger partial charge in [-0.15, -0.1) is 0 Å². The molecule has 0 radical (unpaired) electrons. The van der Waals surface area contributed by atoms with E-state index < -0.39 is 0 Å². The van der Waals surface area contributed by atoms with Crippen molar-refractivity contribution in [3.63, 3.8) is 0 Å². The third-order valence-electron chi connectivity index (χ3n) is 6.06. The fraction of sp³-hybridized carbons (Fsp3) is 0.652. The number of nitrogens with one attached hydrogen (secondary N) is 2. The lowest BCUT2D eigenvalue weighted by molar-refractivity contribution is -0.127. The van der Waals surface area contributed by atoms with Gasteiger partial charge in [-0.1, -0.05) is 37.3 Å². The number of amides is 1. The summed E-state index contributed by atoms with van der Waals surface area (Å²) in [4.78, 5) is 21.3. The van der Waals surface area contributed by atoms with Crippen molar-refractivity contribution in [2.75, 3.05) is 52.9 Å². The summed E-state index contributed by atoms with van der Waals surface area (Å²) in [5.41, 5.74) is 1.29. The molecule has 2 fully saturated rings. The molecular weight excluding hydrogens is 362 g/mol. The van der Waals surface area contributed by atoms with E-state index in [1.807, 2.05) is 18.0 Å². The summed E-state index contributed by atoms with van der Waals surface area (Å²) in [6.45, 7) is 9.26. The van der Waals surface area contributed by atoms with Crippen LogP contribution in [-0.4, -0.2) is 74.5 Å². The highest BCUT2D eigenvalue weighted by Gasteiger charge is 2.29. The van der Waals surface area contributed by atoms with E-state index in [2.05, 4.69) is 51.7 Å². The fourth-order valence-corrected chi connectivity index (χ4v) is 4.42. The maximum absolute atomic E-state index is 12.4. The van der Waals surface area contributed by atoms with Crippen molar-refractivity contribution in [3.8, 4) is 0 Å². The number of hydrogen-bond acceptors (Lipinski definition) is 3. The molecule has 29 heavy (non-hydrogen) atoms. The van der Waals surface area contributed by atoms with Gasteiger partial charge in [-0.3, -0.25) is 9.79 Å². The monoisotopic (exact) mass is 399 g/mol. The van der Waals surface area contributed by atoms with E-state index in [9.17, 15) is 4.79 Å². The fourth-order valence-electron chi connectivity index (χ4n) is 4.42. The van der Waals surface area contributed by atoms with Crippen molar-refractivity contribution >= 4 is 11.9 Å². The van der Waals surface area contributed by atoms with Crippen LogP contribution in [-0.2, 0) is 11.2 Å². The minimum absolute atomic E-state index is 0.276. The number of carbonyl (C=O) groups excluding carboxylic acids is 1. The van der Waals surface area contributed by atoms with E-state index in [1.165, 1.54) is 38.0 Å². The molecule has 1 amide bonds. The predicted octanol–water partition coefficient (Wildman–Crippen LogP) is 1.97. The molecule has 0 aromatic heterocycles. The molecular formula is C23H37N5O. The smallest absolute Gasteiger partial charge is 0.223 e. The van der Waals surface area contributed by atoms with Crippen LogP contribution in [0.15, 0.2) is 35.3 Å². The van der Waals surface area contributed by atoms with Crippen LogP contribution in [0.2, 0.25) is 0 Å². The molecule has 0 aliphatic carbocycles. The molecule has 2 heterocycles. The van der Waals surface area contributed by atoms with Gasteiger partial charge in [0.15, 0.2) is 5.96 Å². The first-order valence-corrected chi connectivity index (χ1v) is 11.2. The molecule has 0 saturated carbocycles. The van der Waals surface area contributed by atoms with Gasteiger partial charge in [0.05, 0.1) is 0 Å². The third-order valence-corrected chi connectivity index (χ3v) is 6.06. The quantitative estimate of drug-likeness (QED) is 0.492. The molecule has 2 unspecified atom stereocenters. The van der Waals surface area contributed by atoms with Crippen molar-refractivity contribution in [2.24, 2.45) is 16.8 Å². The lowest BCUT2D eigenvalue weighted by atomic mass is 10.1. The van der Waals surface area contributed by atoms with Crippen LogP contribution in [0.25, 0.3) is 0 Å². The summed E-state index contributed by atoms with van der Waals surface area (Å²) in [5, 5.41) is 6.91. The summed E-state index contributed by atoms with van der Waals surface area (Å²) in [6.07, 6.45) is 4.04. The van der Waals surface area contributed by atoms with Gasteiger partial charge in [-0.05, 0) is 43.8 Å². The van der Waals surface area contributed by atoms with E-state index in [1.54, 1.807) is 0 Å². The van der Waals surface area contributed by atoms with Gasteiger partial charge >= 0.3 is 0 Å². The average Bonchev–Trinajstić information content (AvgIpc) is 3.33. The molecule has 3 rings (SSSR count). The van der Waals surface area contributed by atoms with Gasteiger partial charge in [0, 0.05) is 52.1 Å². The highest BCUT2D eigenvalue weighted by molar-refractivity contribution is 5.80. The topological polar surface area (TPSA) is 60.0 Å². The van der Waals surface area contributed by atoms with Crippen LogP contribution in [0, 0.1) is 11.8 Å². The summed E-state index contributed by atoms with van der Waals surface area (Å²) in [6, 6.07) is 10.4. The average molecular weight is 400 g/mol. The number of nitrogens with zero attached hydrogens (tertiary/aromatic N) is 3. The normalized spacial score (nSPS) is 23.0. The van der Waals surface area contributed by atoms with Gasteiger partial charge in [-0.2, -0.15) is 0 Å². The number of hydrogen-bond donors (Lipinski definition) is 2. The Hall–Kier alpha value is -2.08. The molecule has 6 nitrogen and oxygen atoms in total. The van der Waals surface area contributed by atoms with Crippen LogP contribution in [0.1, 0.15) is 31.7 Å². The minimum Gasteiger partial charge on any atom is -0.356 e. The Morgan fingerprint density at radius 1 is 1.10 bits per heavy atom. The van der Waals surface area contributed by atoms with E-state index in [-0.39, 0.29) is 5.91 Å². The van der Waals surface area contributed by atoms with Crippen LogP contribution >= 0.6 is 0 Å². The summed E-state index contributed by atoms with van der Waals surface area (Å²) < 4.78 is 0. The second kappa shape index (κ2) is 11.2. The molecule has 160 valence electrons. The first kappa shape index (κ1) is 21.6. The van der Waals surface area contributed by atoms with Gasteiger partial charge in [0.1, 0.15) is 0 Å². The molecule has 2 N–H and O–H groups in total. The highest BCUT2D eigenvalue weighted by atomic mass is 16.2. The second-order valence-corrected chi connectivity index (χ2v) is 8.43. The zero-order valence-corrected chi connectivity index (χ0v) is 18.1. The summed E-state index contributed by atoms with van der Waals surface area (Å²) >= 11 is 0. The van der Waals surface area contributed by atoms with Crippen LogP contribution in [0.5, 0.6) is 0 Å². The predicted molar refractivity (Wildman–Crippen MR) is 119 cm³/mol. The molecule has 0 spiro atoms. The number of guanidine groups is 1. The van der Waals surface area contributed by atoms with Crippen molar-refractivity contribution in [1.29, 1.82) is 0 Å². The lowest BCUT2D eigenvalue weighted by Gasteiger charge is -2.19. The Bertz CT molecular complexity index is 662. The maximum Gasteiger partial charge on any atom is 0.223 e. The van der Waals surface area contributed by atoms with Crippen LogP contribution in [0.4, 0.5) is 0 Å². The number of benzene rings is 1. The Kier molecular flexibility index (Phi) is 8.35. The van der Waals surface area contributed by atoms with Gasteiger partial charge < -0.3 is 20.4 Å². The molecule has 0 bridgehead atoms. The van der Waals surface area contributed by atoms with Gasteiger partial charge in [-0.25, -0.2) is 0 Å². The van der Waals surface area contributed by atoms with Gasteiger partial charge in [0.2, 0.25) is 5.91 Å². The Balaban J connectivity index is 1.35. The summed E-state index contributed by atoms with van der Waals surface area (Å²) in [5.74, 6) is 2.18. The van der Waals surface area contributed by atoms with Crippen molar-refractivity contribution in [2.45, 2.75) is 32.6 Å². The van der Waals surface area contributed by atoms with E-state index >= 15 is 0 Å². The maximum atomic E-state index is 12.4. The Labute approximate surface area is 175 Å². The van der Waals surface area contributed by atoms with Gasteiger partial charge in [0.25, 0.3) is 0 Å². The Morgan fingerprint density at radius 2 is 1.86 bits per heavy atom. The van der Waals surface area contributed by atoms with Crippen LogP contribution in [0.3, 0.4) is 0 Å². The third kappa shape index (κ3) is 6.74. The SMILES string of the molecule is CCCN1CCC(CNC(=NC)NCC2CC(=O)N(CCc3ccccc3)C2)C1. The zero-order chi connectivity index (χ0) is 20.5. The molecule has 2 aliphatic heterocycles. The van der Waals surface area contributed by atoms with Crippen LogP contribution < -0.4 is 10.6 Å². The number of aliphatic imine (C=N–C) groups is 1. The van der Waals surface area contributed by atoms with Crippen molar-refractivity contribution in [3.05, 3.63) is 35.9 Å². The molecule has 2 saturated heterocycles. The van der Waals surface area contributed by atoms with Crippen molar-refractivity contribution < 1.29 is 4.79 Å². The van der Waals surface area contributed by atoms with E-state index in [0.717, 1.165) is 38.6 Å². The number of likely N-dealkylation sites (tertiary alicyclic amines) is 2. The molecule has 1 aromatic carbocycles. The number of rotatable bonds is 9. The molecule has 6 heteroatoms. The van der Waals surface area contributed by atoms with E-state index in [4.69, 9.17) is 0 Å². The Morgan fingerprint density at radius 3 is 2.59 bits per heavy atom. The van der Waals surface area contributed by atoms with E-state index in [0.29, 0.717) is 18.3 Å². The lowest BCUT2D eigenvalue weighted by Crippen LogP contribution is -2.42. The molecule has 2 aliphatic rings. The standard InChI is InChI=1S/C23H37N5O/c1-3-11-27-12-9-20(17-27)15-25-23(24-2)26-16-21-14-22(29)28(18-21)13-10-19-7-5-4-6-8-19/h4-8,20-21H,3,9-18H2,1-2H3,(H2,24,25,26). The number of carbonyl (C=O) groups is 1. The zero-order valence-electron chi connectivity index (χ0n) is 18.1. The second-order valence-electron chi connectivity index (χ2n) is 8.43. The highest BCUT2D eigenvalue weighted by Crippen LogP contribution is 2.18. The molecule has 1 aromatic rings. The first-order valence-electron chi connectivity index (χ1n) is 11.2. The largest absolute Gasteiger partial charge is 0.356 e. The molecule has 2 atom stereocenters.